The third kappa shape index (κ3) is 2.88. The summed E-state index contributed by atoms with van der Waals surface area (Å²) < 4.78 is 6.12. The lowest BCUT2D eigenvalue weighted by atomic mass is 9.95. The number of nitrogens with one attached hydrogen (secondary N) is 1. The maximum atomic E-state index is 12.7. The molecule has 4 rings (SSSR count). The average Bonchev–Trinajstić information content (AvgIpc) is 3.22. The topological polar surface area (TPSA) is 38.3 Å². The quantitative estimate of drug-likeness (QED) is 0.891. The number of rotatable bonds is 5. The molecule has 3 heteroatoms. The van der Waals surface area contributed by atoms with Crippen LogP contribution in [0, 0.1) is 11.8 Å². The molecule has 0 spiro atoms. The highest BCUT2D eigenvalue weighted by molar-refractivity contribution is 5.89. The first-order valence-corrected chi connectivity index (χ1v) is 9.19. The van der Waals surface area contributed by atoms with E-state index in [4.69, 9.17) is 4.74 Å². The lowest BCUT2D eigenvalue weighted by Crippen LogP contribution is -2.45. The van der Waals surface area contributed by atoms with Gasteiger partial charge in [-0.25, -0.2) is 0 Å². The molecule has 2 aromatic carbocycles. The van der Waals surface area contributed by atoms with Crippen LogP contribution in [0.25, 0.3) is 10.8 Å². The zero-order valence-electron chi connectivity index (χ0n) is 14.2. The summed E-state index contributed by atoms with van der Waals surface area (Å²) in [5.41, 5.74) is 0. The van der Waals surface area contributed by atoms with Gasteiger partial charge in [0.2, 0.25) is 0 Å². The van der Waals surface area contributed by atoms with Crippen molar-refractivity contribution in [1.29, 1.82) is 0 Å². The molecular weight excluding hydrogens is 298 g/mol. The molecule has 0 aromatic heterocycles. The van der Waals surface area contributed by atoms with Crippen LogP contribution in [0.5, 0.6) is 5.75 Å². The van der Waals surface area contributed by atoms with Crippen LogP contribution in [-0.2, 0) is 4.79 Å². The summed E-state index contributed by atoms with van der Waals surface area (Å²) in [6.07, 6.45) is 5.33. The Labute approximate surface area is 143 Å². The number of carbonyl (C=O) groups excluding carboxylic acids is 1. The van der Waals surface area contributed by atoms with Crippen LogP contribution < -0.4 is 10.1 Å². The molecule has 0 saturated heterocycles. The van der Waals surface area contributed by atoms with Gasteiger partial charge in [0.25, 0.3) is 5.91 Å². The molecule has 0 heterocycles. The van der Waals surface area contributed by atoms with Gasteiger partial charge in [0.15, 0.2) is 6.10 Å². The lowest BCUT2D eigenvalue weighted by molar-refractivity contribution is -0.129. The summed E-state index contributed by atoms with van der Waals surface area (Å²) in [6.45, 7) is 2.01. The largest absolute Gasteiger partial charge is 0.480 e. The van der Waals surface area contributed by atoms with E-state index >= 15 is 0 Å². The Morgan fingerprint density at radius 2 is 2.00 bits per heavy atom. The van der Waals surface area contributed by atoms with Crippen LogP contribution in [0.15, 0.2) is 42.5 Å². The minimum absolute atomic E-state index is 0.0444. The maximum Gasteiger partial charge on any atom is 0.261 e. The monoisotopic (exact) mass is 323 g/mol. The van der Waals surface area contributed by atoms with Gasteiger partial charge in [-0.3, -0.25) is 4.79 Å². The Morgan fingerprint density at radius 1 is 1.17 bits per heavy atom. The summed E-state index contributed by atoms with van der Waals surface area (Å²) in [7, 11) is 0. The molecule has 2 aromatic rings. The molecule has 2 aliphatic rings. The molecule has 0 radical (unpaired) electrons. The SMILES string of the molecule is CC[C@@H](Oc1cccc2ccccc12)C(=O)N[C@@H]1C[C@@H]2CC[C@@H]1C2. The number of carbonyl (C=O) groups is 1. The van der Waals surface area contributed by atoms with Crippen molar-refractivity contribution >= 4 is 16.7 Å². The van der Waals surface area contributed by atoms with Crippen LogP contribution in [0.3, 0.4) is 0 Å². The third-order valence-electron chi connectivity index (χ3n) is 5.75. The van der Waals surface area contributed by atoms with Gasteiger partial charge in [-0.1, -0.05) is 49.7 Å². The smallest absolute Gasteiger partial charge is 0.261 e. The first-order valence-electron chi connectivity index (χ1n) is 9.19. The molecule has 1 N–H and O–H groups in total. The van der Waals surface area contributed by atoms with E-state index in [2.05, 4.69) is 17.4 Å². The minimum Gasteiger partial charge on any atom is -0.480 e. The molecule has 126 valence electrons. The Hall–Kier alpha value is -2.03. The second-order valence-corrected chi connectivity index (χ2v) is 7.28. The molecule has 2 aliphatic carbocycles. The standard InChI is InChI=1S/C21H25NO2/c1-2-19(21(23)22-18-13-14-10-11-16(18)12-14)24-20-9-5-7-15-6-3-4-8-17(15)20/h3-9,14,16,18-19H,2,10-13H2,1H3,(H,22,23)/t14-,16-,18-,19-/m1/s1. The lowest BCUT2D eigenvalue weighted by Gasteiger charge is -2.26. The highest BCUT2D eigenvalue weighted by Gasteiger charge is 2.40. The molecule has 4 atom stereocenters. The van der Waals surface area contributed by atoms with Gasteiger partial charge in [-0.15, -0.1) is 0 Å². The summed E-state index contributed by atoms with van der Waals surface area (Å²) in [4.78, 5) is 12.7. The molecular formula is C21H25NO2. The Balaban J connectivity index is 1.48. The number of amides is 1. The fourth-order valence-corrected chi connectivity index (χ4v) is 4.47. The number of ether oxygens (including phenoxy) is 1. The first-order chi connectivity index (χ1) is 11.7. The zero-order chi connectivity index (χ0) is 16.5. The summed E-state index contributed by atoms with van der Waals surface area (Å²) in [6, 6.07) is 14.5. The van der Waals surface area contributed by atoms with Gasteiger partial charge < -0.3 is 10.1 Å². The minimum atomic E-state index is -0.421. The normalized spacial score (nSPS) is 26.5. The molecule has 0 unspecified atom stereocenters. The molecule has 2 bridgehead atoms. The number of hydrogen-bond acceptors (Lipinski definition) is 2. The average molecular weight is 323 g/mol. The van der Waals surface area contributed by atoms with Crippen molar-refractivity contribution < 1.29 is 9.53 Å². The van der Waals surface area contributed by atoms with E-state index in [-0.39, 0.29) is 5.91 Å². The van der Waals surface area contributed by atoms with Crippen LogP contribution in [0.2, 0.25) is 0 Å². The Kier molecular flexibility index (Phi) is 4.17. The van der Waals surface area contributed by atoms with Gasteiger partial charge in [0.05, 0.1) is 0 Å². The van der Waals surface area contributed by atoms with E-state index < -0.39 is 6.10 Å². The van der Waals surface area contributed by atoms with Crippen molar-refractivity contribution in [2.24, 2.45) is 11.8 Å². The zero-order valence-corrected chi connectivity index (χ0v) is 14.2. The Morgan fingerprint density at radius 3 is 2.75 bits per heavy atom. The summed E-state index contributed by atoms with van der Waals surface area (Å²) in [5, 5.41) is 5.46. The van der Waals surface area contributed by atoms with Gasteiger partial charge in [0, 0.05) is 11.4 Å². The summed E-state index contributed by atoms with van der Waals surface area (Å²) in [5.74, 6) is 2.36. The second kappa shape index (κ2) is 6.46. The van der Waals surface area contributed by atoms with Gasteiger partial charge in [0.1, 0.15) is 5.75 Å². The van der Waals surface area contributed by atoms with E-state index in [0.29, 0.717) is 18.4 Å². The molecule has 2 saturated carbocycles. The van der Waals surface area contributed by atoms with Crippen LogP contribution in [0.1, 0.15) is 39.0 Å². The number of benzene rings is 2. The van der Waals surface area contributed by atoms with Crippen molar-refractivity contribution in [2.45, 2.75) is 51.2 Å². The van der Waals surface area contributed by atoms with Gasteiger partial charge in [-0.05, 0) is 49.0 Å². The fraction of sp³-hybridized carbons (Fsp3) is 0.476. The Bertz CT molecular complexity index is 736. The number of hydrogen-bond donors (Lipinski definition) is 1. The van der Waals surface area contributed by atoms with E-state index in [9.17, 15) is 4.79 Å². The van der Waals surface area contributed by atoms with E-state index in [1.807, 2.05) is 37.3 Å². The molecule has 0 aliphatic heterocycles. The van der Waals surface area contributed by atoms with Crippen LogP contribution >= 0.6 is 0 Å². The predicted octanol–water partition coefficient (Wildman–Crippen LogP) is 4.30. The van der Waals surface area contributed by atoms with Crippen molar-refractivity contribution in [2.75, 3.05) is 0 Å². The highest BCUT2D eigenvalue weighted by Crippen LogP contribution is 2.44. The van der Waals surface area contributed by atoms with Gasteiger partial charge >= 0.3 is 0 Å². The molecule has 3 nitrogen and oxygen atoms in total. The third-order valence-corrected chi connectivity index (χ3v) is 5.75. The highest BCUT2D eigenvalue weighted by atomic mass is 16.5. The van der Waals surface area contributed by atoms with Crippen molar-refractivity contribution in [1.82, 2.24) is 5.32 Å². The molecule has 2 fully saturated rings. The van der Waals surface area contributed by atoms with Crippen LogP contribution in [-0.4, -0.2) is 18.1 Å². The van der Waals surface area contributed by atoms with Crippen molar-refractivity contribution in [3.8, 4) is 5.75 Å². The van der Waals surface area contributed by atoms with Crippen LogP contribution in [0.4, 0.5) is 0 Å². The van der Waals surface area contributed by atoms with Gasteiger partial charge in [-0.2, -0.15) is 0 Å². The maximum absolute atomic E-state index is 12.7. The van der Waals surface area contributed by atoms with Crippen molar-refractivity contribution in [3.05, 3.63) is 42.5 Å². The molecule has 24 heavy (non-hydrogen) atoms. The fourth-order valence-electron chi connectivity index (χ4n) is 4.47. The van der Waals surface area contributed by atoms with E-state index in [0.717, 1.165) is 28.9 Å². The predicted molar refractivity (Wildman–Crippen MR) is 96.0 cm³/mol. The first kappa shape index (κ1) is 15.5. The van der Waals surface area contributed by atoms with Crippen molar-refractivity contribution in [3.63, 3.8) is 0 Å². The number of fused-ring (bicyclic) bond motifs is 3. The second-order valence-electron chi connectivity index (χ2n) is 7.28. The molecule has 1 amide bonds. The van der Waals surface area contributed by atoms with E-state index in [1.165, 1.54) is 19.3 Å². The summed E-state index contributed by atoms with van der Waals surface area (Å²) >= 11 is 0. The van der Waals surface area contributed by atoms with E-state index in [1.54, 1.807) is 0 Å².